The van der Waals surface area contributed by atoms with Gasteiger partial charge >= 0.3 is 112 Å². The Labute approximate surface area is 111 Å². The topological polar surface area (TPSA) is 38.3 Å². The molecule has 0 spiro atoms. The second kappa shape index (κ2) is 5.18. The molecule has 0 radical (unpaired) electrons. The molecule has 0 aliphatic rings. The molecular weight excluding hydrogens is 341 g/mol. The van der Waals surface area contributed by atoms with Crippen molar-refractivity contribution in [1.29, 1.82) is 0 Å². The van der Waals surface area contributed by atoms with Gasteiger partial charge in [0.1, 0.15) is 0 Å². The molecule has 3 nitrogen and oxygen atoms in total. The second-order valence-corrected chi connectivity index (χ2v) is 21.5. The van der Waals surface area contributed by atoms with Gasteiger partial charge in [-0.05, 0) is 0 Å². The minimum atomic E-state index is -2.12. The van der Waals surface area contributed by atoms with Gasteiger partial charge in [-0.15, -0.1) is 0 Å². The van der Waals surface area contributed by atoms with E-state index < -0.39 is 23.8 Å². The zero-order valence-electron chi connectivity index (χ0n) is 11.4. The van der Waals surface area contributed by atoms with Crippen molar-refractivity contribution in [1.82, 2.24) is 0 Å². The van der Waals surface area contributed by atoms with Gasteiger partial charge in [-0.1, -0.05) is 0 Å². The molecule has 0 atom stereocenters. The van der Waals surface area contributed by atoms with Crippen LogP contribution in [0.5, 0.6) is 0 Å². The van der Waals surface area contributed by atoms with Crippen LogP contribution in [-0.4, -0.2) is 24.3 Å². The zero-order chi connectivity index (χ0) is 13.3. The summed E-state index contributed by atoms with van der Waals surface area (Å²) in [4.78, 5) is 23.8. The van der Waals surface area contributed by atoms with Gasteiger partial charge in [0.2, 0.25) is 0 Å². The Hall–Kier alpha value is -0.231. The number of nitrogens with one attached hydrogen (secondary N) is 1. The summed E-state index contributed by atoms with van der Waals surface area (Å²) < 4.78 is 1.37. The molecule has 17 heavy (non-hydrogen) atoms. The van der Waals surface area contributed by atoms with Crippen molar-refractivity contribution >= 4 is 44.3 Å². The number of hydrogen-bond acceptors (Lipinski definition) is 4. The Bertz CT molecular complexity index is 401. The van der Waals surface area contributed by atoms with Gasteiger partial charge in [0.15, 0.2) is 0 Å². The van der Waals surface area contributed by atoms with E-state index in [9.17, 15) is 4.79 Å². The third kappa shape index (κ3) is 4.17. The maximum atomic E-state index is 11.7. The molecule has 1 heterocycles. The van der Waals surface area contributed by atoms with Crippen LogP contribution in [0.1, 0.15) is 20.8 Å². The molecule has 1 N–H and O–H groups in total. The summed E-state index contributed by atoms with van der Waals surface area (Å²) in [6, 6.07) is 2.15. The van der Waals surface area contributed by atoms with Gasteiger partial charge < -0.3 is 0 Å². The summed E-state index contributed by atoms with van der Waals surface area (Å²) in [5.74, 6) is -0.235. The Morgan fingerprint density at radius 2 is 1.94 bits per heavy atom. The molecule has 0 aliphatic heterocycles. The van der Waals surface area contributed by atoms with E-state index in [1.165, 1.54) is 3.58 Å². The quantitative estimate of drug-likeness (QED) is 0.663. The van der Waals surface area contributed by atoms with Gasteiger partial charge in [0, 0.05) is 0 Å². The predicted molar refractivity (Wildman–Crippen MR) is 76.5 cm³/mol. The van der Waals surface area contributed by atoms with Crippen LogP contribution in [0.3, 0.4) is 0 Å². The van der Waals surface area contributed by atoms with E-state index in [0.29, 0.717) is 0 Å². The van der Waals surface area contributed by atoms with Gasteiger partial charge in [0.05, 0.1) is 0 Å². The Kier molecular flexibility index (Phi) is 4.52. The van der Waals surface area contributed by atoms with Crippen LogP contribution < -0.4 is 9.06 Å². The minimum absolute atomic E-state index is 0.235. The maximum absolute atomic E-state index is 11.7. The summed E-state index contributed by atoms with van der Waals surface area (Å²) in [5, 5.41) is 3.04. The summed E-state index contributed by atoms with van der Waals surface area (Å²) in [7, 11) is 0. The molecule has 1 rings (SSSR count). The molecule has 0 aromatic carbocycles. The van der Waals surface area contributed by atoms with Crippen molar-refractivity contribution in [3.63, 3.8) is 0 Å². The molecule has 96 valence electrons. The number of thiophene rings is 1. The van der Waals surface area contributed by atoms with Crippen molar-refractivity contribution < 1.29 is 9.63 Å². The Balaban J connectivity index is 2.72. The molecule has 5 heteroatoms. The van der Waals surface area contributed by atoms with Crippen molar-refractivity contribution in [2.45, 2.75) is 35.6 Å². The Morgan fingerprint density at radius 3 is 2.41 bits per heavy atom. The monoisotopic (exact) mass is 363 g/mol. The van der Waals surface area contributed by atoms with Crippen LogP contribution in [0.15, 0.2) is 11.4 Å². The SMILES string of the molecule is CC(C)(C)C(=O)ONc1scc[c]1[Sn]([CH3])([CH3])[CH3]. The first-order valence-electron chi connectivity index (χ1n) is 5.67. The third-order valence-corrected chi connectivity index (χ3v) is 9.45. The van der Waals surface area contributed by atoms with Crippen LogP contribution in [0.2, 0.25) is 14.8 Å². The fourth-order valence-electron chi connectivity index (χ4n) is 1.22. The summed E-state index contributed by atoms with van der Waals surface area (Å²) in [5.41, 5.74) is 2.35. The van der Waals surface area contributed by atoms with Crippen LogP contribution in [0, 0.1) is 5.41 Å². The Morgan fingerprint density at radius 1 is 1.35 bits per heavy atom. The first-order valence-corrected chi connectivity index (χ1v) is 16.5. The van der Waals surface area contributed by atoms with Gasteiger partial charge in [-0.25, -0.2) is 0 Å². The molecule has 0 fully saturated rings. The molecule has 0 aliphatic carbocycles. The average Bonchev–Trinajstić information content (AvgIpc) is 2.59. The predicted octanol–water partition coefficient (Wildman–Crippen LogP) is 3.21. The molecule has 0 unspecified atom stereocenters. The standard InChI is InChI=1S/C9H12NO2S.3CH3.Sn/c1-9(2,3)8(11)12-10-7-5-4-6-13-7;;;;/h4,6,10H,1-3H3;3*1H3;. The van der Waals surface area contributed by atoms with Crippen molar-refractivity contribution in [2.75, 3.05) is 5.48 Å². The molecule has 0 amide bonds. The first-order chi connectivity index (χ1) is 7.62. The molecule has 0 saturated heterocycles. The number of rotatable bonds is 3. The van der Waals surface area contributed by atoms with Crippen molar-refractivity contribution in [3.05, 3.63) is 11.4 Å². The molecule has 0 saturated carbocycles. The van der Waals surface area contributed by atoms with E-state index in [4.69, 9.17) is 4.84 Å². The fourth-order valence-corrected chi connectivity index (χ4v) is 8.51. The third-order valence-electron chi connectivity index (χ3n) is 2.32. The second-order valence-electron chi connectivity index (χ2n) is 6.15. The van der Waals surface area contributed by atoms with E-state index in [1.54, 1.807) is 11.3 Å². The van der Waals surface area contributed by atoms with E-state index in [0.717, 1.165) is 5.00 Å². The van der Waals surface area contributed by atoms with Crippen LogP contribution >= 0.6 is 11.3 Å². The van der Waals surface area contributed by atoms with Crippen molar-refractivity contribution in [2.24, 2.45) is 5.41 Å². The number of hydrogen-bond donors (Lipinski definition) is 1. The van der Waals surface area contributed by atoms with E-state index >= 15 is 0 Å². The summed E-state index contributed by atoms with van der Waals surface area (Å²) in [6.45, 7) is 5.53. The fraction of sp³-hybridized carbons (Fsp3) is 0.583. The number of anilines is 1. The number of carbonyl (C=O) groups is 1. The van der Waals surface area contributed by atoms with Gasteiger partial charge in [0.25, 0.3) is 0 Å². The van der Waals surface area contributed by atoms with Gasteiger partial charge in [-0.3, -0.25) is 0 Å². The van der Waals surface area contributed by atoms with Crippen LogP contribution in [0.25, 0.3) is 0 Å². The van der Waals surface area contributed by atoms with E-state index in [2.05, 4.69) is 26.4 Å². The van der Waals surface area contributed by atoms with Crippen molar-refractivity contribution in [3.8, 4) is 0 Å². The molecule has 1 aromatic heterocycles. The molecular formula is C12H21NO2SSn. The molecule has 0 bridgehead atoms. The normalized spacial score (nSPS) is 12.4. The van der Waals surface area contributed by atoms with E-state index in [-0.39, 0.29) is 5.97 Å². The van der Waals surface area contributed by atoms with Gasteiger partial charge in [-0.2, -0.15) is 0 Å². The first kappa shape index (κ1) is 14.8. The van der Waals surface area contributed by atoms with Crippen LogP contribution in [0.4, 0.5) is 5.00 Å². The summed E-state index contributed by atoms with van der Waals surface area (Å²) in [6.07, 6.45) is 0. The summed E-state index contributed by atoms with van der Waals surface area (Å²) >= 11 is -0.523. The molecule has 1 aromatic rings. The zero-order valence-corrected chi connectivity index (χ0v) is 15.1. The average molecular weight is 362 g/mol. The van der Waals surface area contributed by atoms with Crippen LogP contribution in [-0.2, 0) is 9.63 Å². The van der Waals surface area contributed by atoms with E-state index in [1.807, 2.05) is 26.2 Å². The number of carbonyl (C=O) groups excluding carboxylic acids is 1.